The molecule has 8 nitrogen and oxygen atoms in total. The molecule has 0 aliphatic heterocycles. The summed E-state index contributed by atoms with van der Waals surface area (Å²) in [6.07, 6.45) is 1.88. The van der Waals surface area contributed by atoms with Crippen LogP contribution in [-0.2, 0) is 36.2 Å². The van der Waals surface area contributed by atoms with E-state index < -0.39 is 23.9 Å². The van der Waals surface area contributed by atoms with Crippen molar-refractivity contribution in [2.75, 3.05) is 0 Å². The molecule has 0 rings (SSSR count). The smallest absolute Gasteiger partial charge is 0.545 e. The van der Waals surface area contributed by atoms with E-state index in [1.165, 1.54) is 0 Å². The topological polar surface area (TPSA) is 155 Å². The minimum Gasteiger partial charge on any atom is -0.545 e. The monoisotopic (exact) mass is 293 g/mol. The Morgan fingerprint density at radius 2 is 0.941 bits per heavy atom. The molecule has 1 radical (unpaired) electrons. The molecule has 0 saturated heterocycles. The quantitative estimate of drug-likeness (QED) is 0.404. The first-order valence-corrected chi connectivity index (χ1v) is 3.49. The number of carboxylic acids is 4. The van der Waals surface area contributed by atoms with Gasteiger partial charge in [0.1, 0.15) is 0 Å². The van der Waals surface area contributed by atoms with Gasteiger partial charge in [0.15, 0.2) is 0 Å². The number of carboxylic acid groups (broad SMARTS) is 4. The minimum atomic E-state index is -1.51. The van der Waals surface area contributed by atoms with E-state index in [1.807, 2.05) is 0 Å². The van der Waals surface area contributed by atoms with E-state index >= 15 is 0 Å². The summed E-state index contributed by atoms with van der Waals surface area (Å²) < 4.78 is 0. The summed E-state index contributed by atoms with van der Waals surface area (Å²) in [4.78, 5) is 37.9. The van der Waals surface area contributed by atoms with E-state index in [0.29, 0.717) is 24.3 Å². The summed E-state index contributed by atoms with van der Waals surface area (Å²) in [7, 11) is 0. The molecule has 0 fully saturated rings. The summed E-state index contributed by atoms with van der Waals surface area (Å²) in [5, 5.41) is 34.5. The van der Waals surface area contributed by atoms with Crippen molar-refractivity contribution in [1.82, 2.24) is 0 Å². The van der Waals surface area contributed by atoms with Crippen LogP contribution >= 0.6 is 0 Å². The van der Waals surface area contributed by atoms with Crippen LogP contribution in [0.4, 0.5) is 0 Å². The molecule has 9 heteroatoms. The van der Waals surface area contributed by atoms with Crippen molar-refractivity contribution in [2.24, 2.45) is 0 Å². The molecule has 0 spiro atoms. The van der Waals surface area contributed by atoms with E-state index in [0.717, 1.165) is 0 Å². The summed E-state index contributed by atoms with van der Waals surface area (Å²) in [6.45, 7) is 0. The van der Waals surface area contributed by atoms with E-state index in [4.69, 9.17) is 10.2 Å². The first kappa shape index (κ1) is 20.3. The molecule has 0 amide bonds. The molecule has 0 aliphatic rings. The number of carbonyl (C=O) groups excluding carboxylic acids is 2. The largest absolute Gasteiger partial charge is 2.00 e. The Balaban J connectivity index is -0.000000218. The zero-order chi connectivity index (χ0) is 13.1. The van der Waals surface area contributed by atoms with Gasteiger partial charge in [-0.05, 0) is 12.2 Å². The van der Waals surface area contributed by atoms with Crippen LogP contribution in [-0.4, -0.2) is 34.1 Å². The van der Waals surface area contributed by atoms with Gasteiger partial charge in [-0.25, -0.2) is 9.59 Å². The van der Waals surface area contributed by atoms with Crippen molar-refractivity contribution in [1.29, 1.82) is 0 Å². The van der Waals surface area contributed by atoms with Crippen LogP contribution in [0.2, 0.25) is 0 Å². The zero-order valence-electron chi connectivity index (χ0n) is 7.95. The molecule has 0 atom stereocenters. The van der Waals surface area contributed by atoms with Gasteiger partial charge in [0.05, 0.1) is 11.9 Å². The van der Waals surface area contributed by atoms with Crippen molar-refractivity contribution in [2.45, 2.75) is 0 Å². The average Bonchev–Trinajstić information content (AvgIpc) is 2.12. The Bertz CT molecular complexity index is 277. The normalized spacial score (nSPS) is 8.94. The van der Waals surface area contributed by atoms with Crippen LogP contribution in [0.5, 0.6) is 0 Å². The third-order valence-electron chi connectivity index (χ3n) is 0.724. The average molecular weight is 294 g/mol. The fourth-order valence-electron chi connectivity index (χ4n) is 0.279. The zero-order valence-corrected chi connectivity index (χ0v) is 8.90. The molecular formula is C8H6CuO8. The molecule has 0 heterocycles. The predicted molar refractivity (Wildman–Crippen MR) is 43.6 cm³/mol. The second kappa shape index (κ2) is 12.0. The van der Waals surface area contributed by atoms with Crippen molar-refractivity contribution < 1.29 is 56.7 Å². The van der Waals surface area contributed by atoms with Crippen LogP contribution in [0.25, 0.3) is 0 Å². The van der Waals surface area contributed by atoms with Gasteiger partial charge in [-0.2, -0.15) is 0 Å². The van der Waals surface area contributed by atoms with Gasteiger partial charge in [0.25, 0.3) is 0 Å². The standard InChI is InChI=1S/2C4H4O4.Cu/c2*5-3(6)1-2-4(7)8;/h2*1-2H,(H,5,6)(H,7,8);/q;;+2/p-2/b2*2-1+;. The molecule has 97 valence electrons. The number of hydrogen-bond donors (Lipinski definition) is 2. The molecule has 0 unspecified atom stereocenters. The fraction of sp³-hybridized carbons (Fsp3) is 0. The van der Waals surface area contributed by atoms with Crippen LogP contribution < -0.4 is 10.2 Å². The van der Waals surface area contributed by atoms with Gasteiger partial charge < -0.3 is 30.0 Å². The van der Waals surface area contributed by atoms with Gasteiger partial charge in [0, 0.05) is 12.2 Å². The Hall–Kier alpha value is -2.12. The molecule has 2 N–H and O–H groups in total. The van der Waals surface area contributed by atoms with Gasteiger partial charge in [-0.3, -0.25) is 0 Å². The van der Waals surface area contributed by atoms with Gasteiger partial charge in [-0.1, -0.05) is 0 Å². The van der Waals surface area contributed by atoms with E-state index in [9.17, 15) is 29.4 Å². The van der Waals surface area contributed by atoms with E-state index in [1.54, 1.807) is 0 Å². The summed E-state index contributed by atoms with van der Waals surface area (Å²) in [5.74, 6) is -5.61. The van der Waals surface area contributed by atoms with Crippen LogP contribution in [0, 0.1) is 0 Å². The number of hydrogen-bond acceptors (Lipinski definition) is 6. The van der Waals surface area contributed by atoms with Crippen molar-refractivity contribution in [3.63, 3.8) is 0 Å². The first-order chi connectivity index (χ1) is 7.25. The molecule has 0 aromatic carbocycles. The maximum absolute atomic E-state index is 9.53. The van der Waals surface area contributed by atoms with Crippen LogP contribution in [0.3, 0.4) is 0 Å². The summed E-state index contributed by atoms with van der Waals surface area (Å²) >= 11 is 0. The number of carbonyl (C=O) groups is 4. The van der Waals surface area contributed by atoms with Crippen molar-refractivity contribution >= 4 is 23.9 Å². The van der Waals surface area contributed by atoms with Crippen molar-refractivity contribution in [3.05, 3.63) is 24.3 Å². The summed E-state index contributed by atoms with van der Waals surface area (Å²) in [5.41, 5.74) is 0. The molecule has 17 heavy (non-hydrogen) atoms. The molecule has 0 aliphatic carbocycles. The number of aliphatic carboxylic acids is 4. The van der Waals surface area contributed by atoms with Gasteiger partial charge in [-0.15, -0.1) is 0 Å². The van der Waals surface area contributed by atoms with E-state index in [-0.39, 0.29) is 17.1 Å². The van der Waals surface area contributed by atoms with Crippen LogP contribution in [0.1, 0.15) is 0 Å². The maximum atomic E-state index is 9.53. The molecule has 0 saturated carbocycles. The molecular weight excluding hydrogens is 288 g/mol. The van der Waals surface area contributed by atoms with E-state index in [2.05, 4.69) is 0 Å². The maximum Gasteiger partial charge on any atom is 2.00 e. The predicted octanol–water partition coefficient (Wildman–Crippen LogP) is -3.25. The second-order valence-electron chi connectivity index (χ2n) is 1.98. The Kier molecular flexibility index (Phi) is 14.3. The van der Waals surface area contributed by atoms with Gasteiger partial charge in [0.2, 0.25) is 0 Å². The van der Waals surface area contributed by atoms with Crippen molar-refractivity contribution in [3.8, 4) is 0 Å². The summed E-state index contributed by atoms with van der Waals surface area (Å²) in [6, 6.07) is 0. The molecule has 0 aromatic heterocycles. The Morgan fingerprint density at radius 3 is 1.00 bits per heavy atom. The number of rotatable bonds is 4. The Labute approximate surface area is 105 Å². The SMILES string of the molecule is O=C([O-])/C=C/C(=O)O.O=C([O-])/C=C/C(=O)O.[Cu+2]. The molecule has 0 bridgehead atoms. The molecule has 0 aromatic rings. The second-order valence-corrected chi connectivity index (χ2v) is 1.98. The fourth-order valence-corrected chi connectivity index (χ4v) is 0.279. The van der Waals surface area contributed by atoms with Crippen LogP contribution in [0.15, 0.2) is 24.3 Å². The van der Waals surface area contributed by atoms with Gasteiger partial charge >= 0.3 is 29.0 Å². The third-order valence-corrected chi connectivity index (χ3v) is 0.724. The third kappa shape index (κ3) is 31.5. The minimum absolute atomic E-state index is 0. The Morgan fingerprint density at radius 1 is 0.706 bits per heavy atom. The first-order valence-electron chi connectivity index (χ1n) is 3.49.